The Morgan fingerprint density at radius 2 is 1.90 bits per heavy atom. The van der Waals surface area contributed by atoms with E-state index in [1.165, 1.54) is 13.2 Å². The molecule has 1 aromatic carbocycles. The Kier molecular flexibility index (Phi) is 5.66. The fourth-order valence-corrected chi connectivity index (χ4v) is 1.71. The lowest BCUT2D eigenvalue weighted by atomic mass is 9.99. The minimum atomic E-state index is -1.49. The summed E-state index contributed by atoms with van der Waals surface area (Å²) < 4.78 is 9.36. The highest BCUT2D eigenvalue weighted by Crippen LogP contribution is 2.30. The first kappa shape index (κ1) is 16.4. The Labute approximate surface area is 122 Å². The van der Waals surface area contributed by atoms with Crippen LogP contribution in [0.25, 0.3) is 6.08 Å². The van der Waals surface area contributed by atoms with Crippen LogP contribution in [0, 0.1) is 5.92 Å². The summed E-state index contributed by atoms with van der Waals surface area (Å²) in [5.41, 5.74) is 0.329. The molecule has 0 fully saturated rings. The van der Waals surface area contributed by atoms with Gasteiger partial charge in [0.1, 0.15) is 0 Å². The number of phenolic OH excluding ortho intramolecular Hbond substituents is 1. The number of para-hydroxylation sites is 1. The van der Waals surface area contributed by atoms with E-state index in [0.29, 0.717) is 5.56 Å². The summed E-state index contributed by atoms with van der Waals surface area (Å²) in [6.07, 6.45) is 2.36. The second-order valence-corrected chi connectivity index (χ2v) is 4.20. The maximum Gasteiger partial charge on any atom is 0.324 e. The second-order valence-electron chi connectivity index (χ2n) is 4.20. The zero-order chi connectivity index (χ0) is 16.0. The second kappa shape index (κ2) is 7.23. The Hall–Kier alpha value is -2.63. The van der Waals surface area contributed by atoms with E-state index < -0.39 is 23.5 Å². The van der Waals surface area contributed by atoms with Crippen LogP contribution in [0.1, 0.15) is 12.5 Å². The number of esters is 1. The maximum atomic E-state index is 11.9. The zero-order valence-corrected chi connectivity index (χ0v) is 12.0. The minimum absolute atomic E-state index is 0.138. The molecule has 0 saturated carbocycles. The van der Waals surface area contributed by atoms with Crippen LogP contribution in [-0.2, 0) is 19.1 Å². The lowest BCUT2D eigenvalue weighted by molar-refractivity contribution is -0.151. The molecule has 0 aliphatic rings. The molecule has 112 valence electrons. The van der Waals surface area contributed by atoms with Gasteiger partial charge >= 0.3 is 5.97 Å². The van der Waals surface area contributed by atoms with E-state index in [-0.39, 0.29) is 11.5 Å². The van der Waals surface area contributed by atoms with Crippen LogP contribution in [0.4, 0.5) is 0 Å². The number of aromatic hydroxyl groups is 1. The van der Waals surface area contributed by atoms with Gasteiger partial charge in [-0.2, -0.15) is 0 Å². The molecule has 0 saturated heterocycles. The first-order valence-electron chi connectivity index (χ1n) is 6.08. The molecule has 0 amide bonds. The summed E-state index contributed by atoms with van der Waals surface area (Å²) >= 11 is 0. The van der Waals surface area contributed by atoms with Gasteiger partial charge in [0.05, 0.1) is 14.2 Å². The third-order valence-corrected chi connectivity index (χ3v) is 2.81. The van der Waals surface area contributed by atoms with Gasteiger partial charge in [-0.25, -0.2) is 0 Å². The van der Waals surface area contributed by atoms with Crippen LogP contribution in [0.2, 0.25) is 0 Å². The van der Waals surface area contributed by atoms with Crippen LogP contribution >= 0.6 is 0 Å². The van der Waals surface area contributed by atoms with Gasteiger partial charge in [-0.05, 0) is 25.1 Å². The van der Waals surface area contributed by atoms with Crippen molar-refractivity contribution in [3.8, 4) is 11.5 Å². The predicted molar refractivity (Wildman–Crippen MR) is 74.9 cm³/mol. The molecule has 6 nitrogen and oxygen atoms in total. The average molecular weight is 292 g/mol. The van der Waals surface area contributed by atoms with Crippen molar-refractivity contribution >= 4 is 23.6 Å². The molecule has 0 aliphatic carbocycles. The normalized spacial score (nSPS) is 12.0. The largest absolute Gasteiger partial charge is 0.504 e. The lowest BCUT2D eigenvalue weighted by Crippen LogP contribution is -2.30. The highest BCUT2D eigenvalue weighted by molar-refractivity contribution is 6.20. The molecule has 0 heterocycles. The molecule has 6 heteroatoms. The van der Waals surface area contributed by atoms with Gasteiger partial charge in [-0.3, -0.25) is 14.4 Å². The maximum absolute atomic E-state index is 11.9. The molecule has 0 aromatic heterocycles. The van der Waals surface area contributed by atoms with Crippen molar-refractivity contribution in [2.45, 2.75) is 6.92 Å². The van der Waals surface area contributed by atoms with E-state index in [0.717, 1.165) is 20.1 Å². The molecule has 1 atom stereocenters. The van der Waals surface area contributed by atoms with Gasteiger partial charge in [-0.15, -0.1) is 0 Å². The fourth-order valence-electron chi connectivity index (χ4n) is 1.71. The average Bonchev–Trinajstić information content (AvgIpc) is 2.45. The zero-order valence-electron chi connectivity index (χ0n) is 12.0. The number of rotatable bonds is 6. The van der Waals surface area contributed by atoms with E-state index in [4.69, 9.17) is 4.74 Å². The number of ether oxygens (including phenoxy) is 2. The summed E-state index contributed by atoms with van der Waals surface area (Å²) in [5, 5.41) is 9.86. The highest BCUT2D eigenvalue weighted by atomic mass is 16.5. The number of phenols is 1. The van der Waals surface area contributed by atoms with Crippen molar-refractivity contribution in [3.63, 3.8) is 0 Å². The Morgan fingerprint density at radius 3 is 2.43 bits per heavy atom. The first-order valence-corrected chi connectivity index (χ1v) is 6.08. The summed E-state index contributed by atoms with van der Waals surface area (Å²) in [4.78, 5) is 34.6. The monoisotopic (exact) mass is 292 g/mol. The summed E-state index contributed by atoms with van der Waals surface area (Å²) in [6.45, 7) is 1.14. The molecule has 21 heavy (non-hydrogen) atoms. The van der Waals surface area contributed by atoms with E-state index in [2.05, 4.69) is 4.74 Å². The molecule has 1 aromatic rings. The fraction of sp³-hybridized carbons (Fsp3) is 0.267. The smallest absolute Gasteiger partial charge is 0.324 e. The molecular formula is C15H16O6. The van der Waals surface area contributed by atoms with Gasteiger partial charge in [0.2, 0.25) is 0 Å². The first-order chi connectivity index (χ1) is 9.92. The third-order valence-electron chi connectivity index (χ3n) is 2.81. The number of ketones is 2. The van der Waals surface area contributed by atoms with Crippen molar-refractivity contribution in [1.82, 2.24) is 0 Å². The third kappa shape index (κ3) is 3.92. The Bertz CT molecular complexity index is 588. The standard InChI is InChI=1S/C15H16O6/c1-9(16)13(15(19)21-3)11(17)8-7-10-5-4-6-12(20-2)14(10)18/h4-8,13,18H,1-3H3/b8-7+. The molecule has 0 aliphatic heterocycles. The number of carbonyl (C=O) groups excluding carboxylic acids is 3. The van der Waals surface area contributed by atoms with Crippen LogP contribution in [0.5, 0.6) is 11.5 Å². The summed E-state index contributed by atoms with van der Waals surface area (Å²) in [5.74, 6) is -3.60. The summed E-state index contributed by atoms with van der Waals surface area (Å²) in [7, 11) is 2.50. The topological polar surface area (TPSA) is 89.9 Å². The van der Waals surface area contributed by atoms with Gasteiger partial charge in [0.25, 0.3) is 0 Å². The van der Waals surface area contributed by atoms with E-state index in [9.17, 15) is 19.5 Å². The number of allylic oxidation sites excluding steroid dienone is 1. The molecule has 1 N–H and O–H groups in total. The number of carbonyl (C=O) groups is 3. The molecular weight excluding hydrogens is 276 g/mol. The van der Waals surface area contributed by atoms with Crippen molar-refractivity contribution in [1.29, 1.82) is 0 Å². The molecule has 0 spiro atoms. The number of methoxy groups -OCH3 is 2. The Morgan fingerprint density at radius 1 is 1.24 bits per heavy atom. The van der Waals surface area contributed by atoms with Gasteiger partial charge in [0, 0.05) is 5.56 Å². The van der Waals surface area contributed by atoms with Crippen molar-refractivity contribution in [3.05, 3.63) is 29.8 Å². The number of hydrogen-bond acceptors (Lipinski definition) is 6. The van der Waals surface area contributed by atoms with Crippen molar-refractivity contribution in [2.75, 3.05) is 14.2 Å². The van der Waals surface area contributed by atoms with Gasteiger partial charge in [-0.1, -0.05) is 12.1 Å². The summed E-state index contributed by atoms with van der Waals surface area (Å²) in [6, 6.07) is 4.75. The van der Waals surface area contributed by atoms with Crippen LogP contribution in [0.15, 0.2) is 24.3 Å². The molecule has 1 unspecified atom stereocenters. The van der Waals surface area contributed by atoms with Crippen LogP contribution in [0.3, 0.4) is 0 Å². The molecule has 1 rings (SSSR count). The number of benzene rings is 1. The number of hydrogen-bond donors (Lipinski definition) is 1. The number of Topliss-reactive ketones (excluding diaryl/α,β-unsaturated/α-hetero) is 1. The predicted octanol–water partition coefficient (Wildman–Crippen LogP) is 1.36. The quantitative estimate of drug-likeness (QED) is 0.484. The van der Waals surface area contributed by atoms with E-state index >= 15 is 0 Å². The van der Waals surface area contributed by atoms with E-state index in [1.807, 2.05) is 0 Å². The van der Waals surface area contributed by atoms with Crippen molar-refractivity contribution in [2.24, 2.45) is 5.92 Å². The van der Waals surface area contributed by atoms with Gasteiger partial charge < -0.3 is 14.6 Å². The Balaban J connectivity index is 3.01. The van der Waals surface area contributed by atoms with Gasteiger partial charge in [0.15, 0.2) is 29.0 Å². The SMILES string of the molecule is COC(=O)C(C(C)=O)C(=O)/C=C/c1cccc(OC)c1O. The molecule has 0 bridgehead atoms. The highest BCUT2D eigenvalue weighted by Gasteiger charge is 2.30. The van der Waals surface area contributed by atoms with Crippen LogP contribution < -0.4 is 4.74 Å². The van der Waals surface area contributed by atoms with Crippen LogP contribution in [-0.4, -0.2) is 36.9 Å². The van der Waals surface area contributed by atoms with Crippen molar-refractivity contribution < 1.29 is 29.0 Å². The molecule has 0 radical (unpaired) electrons. The van der Waals surface area contributed by atoms with E-state index in [1.54, 1.807) is 18.2 Å². The minimum Gasteiger partial charge on any atom is -0.504 e. The lowest BCUT2D eigenvalue weighted by Gasteiger charge is -2.08.